The second-order valence-corrected chi connectivity index (χ2v) is 5.01. The van der Waals surface area contributed by atoms with E-state index < -0.39 is 6.10 Å². The van der Waals surface area contributed by atoms with Gasteiger partial charge in [0, 0.05) is 12.6 Å². The molecule has 2 aromatic heterocycles. The van der Waals surface area contributed by atoms with Crippen LogP contribution in [-0.2, 0) is 0 Å². The lowest BCUT2D eigenvalue weighted by atomic mass is 10.1. The fourth-order valence-corrected chi connectivity index (χ4v) is 2.90. The number of aliphatic hydroxyl groups excluding tert-OH is 1. The summed E-state index contributed by atoms with van der Waals surface area (Å²) in [6.45, 7) is 9.15. The maximum absolute atomic E-state index is 9.77. The number of pyridine rings is 1. The van der Waals surface area contributed by atoms with Crippen LogP contribution in [0.1, 0.15) is 24.6 Å². The fourth-order valence-electron chi connectivity index (χ4n) is 2.90. The summed E-state index contributed by atoms with van der Waals surface area (Å²) in [6.07, 6.45) is 2.32. The zero-order valence-corrected chi connectivity index (χ0v) is 10.6. The number of aliphatic hydroxyl groups is 1. The minimum atomic E-state index is -0.437. The van der Waals surface area contributed by atoms with Crippen molar-refractivity contribution in [3.05, 3.63) is 29.4 Å². The lowest BCUT2D eigenvalue weighted by Gasteiger charge is -2.12. The molecule has 0 spiro atoms. The molecule has 1 aliphatic rings. The average molecular weight is 257 g/mol. The number of anilines is 1. The number of rotatable bonds is 1. The second-order valence-electron chi connectivity index (χ2n) is 5.01. The Hall–Kier alpha value is -2.13. The van der Waals surface area contributed by atoms with E-state index in [1.165, 1.54) is 0 Å². The van der Waals surface area contributed by atoms with Crippen LogP contribution in [0.3, 0.4) is 0 Å². The Bertz CT molecular complexity index is 671. The first kappa shape index (κ1) is 11.9. The van der Waals surface area contributed by atoms with E-state index in [4.69, 9.17) is 12.3 Å². The van der Waals surface area contributed by atoms with Crippen molar-refractivity contribution in [2.45, 2.75) is 38.0 Å². The van der Waals surface area contributed by atoms with Crippen LogP contribution in [-0.4, -0.2) is 32.0 Å². The first-order valence-electron chi connectivity index (χ1n) is 6.25. The Morgan fingerprint density at radius 3 is 3.05 bits per heavy atom. The second kappa shape index (κ2) is 4.21. The predicted molar refractivity (Wildman–Crippen MR) is 71.3 cm³/mol. The summed E-state index contributed by atoms with van der Waals surface area (Å²) in [5.41, 5.74) is 7.67. The van der Waals surface area contributed by atoms with E-state index in [1.54, 1.807) is 10.9 Å². The van der Waals surface area contributed by atoms with E-state index in [2.05, 4.69) is 14.9 Å². The summed E-state index contributed by atoms with van der Waals surface area (Å²) in [4.78, 5) is 7.83. The average Bonchev–Trinajstić information content (AvgIpc) is 2.91. The van der Waals surface area contributed by atoms with Gasteiger partial charge in [-0.2, -0.15) is 5.10 Å². The standard InChI is InChI=1S/C13H15N5O/c1-7-12-10(3-4-16-7)18(17-13(12)14)11-6-8(19)5-9(11)15-2/h3-4,8-9,11,19H,5-6H2,1H3,(H2,14,17)/t8?,9-,11-/m1/s1. The largest absolute Gasteiger partial charge is 0.393 e. The van der Waals surface area contributed by atoms with Gasteiger partial charge < -0.3 is 15.7 Å². The number of nitrogen functional groups attached to an aromatic ring is 1. The van der Waals surface area contributed by atoms with Gasteiger partial charge in [0.05, 0.1) is 29.1 Å². The molecular weight excluding hydrogens is 242 g/mol. The van der Waals surface area contributed by atoms with Gasteiger partial charge in [-0.05, 0) is 13.0 Å². The van der Waals surface area contributed by atoms with Crippen molar-refractivity contribution < 1.29 is 5.11 Å². The van der Waals surface area contributed by atoms with Crippen LogP contribution in [0.15, 0.2) is 12.3 Å². The highest BCUT2D eigenvalue weighted by atomic mass is 16.3. The molecule has 0 bridgehead atoms. The lowest BCUT2D eigenvalue weighted by molar-refractivity contribution is 0.177. The molecule has 19 heavy (non-hydrogen) atoms. The number of nitrogens with two attached hydrogens (primary N) is 1. The smallest absolute Gasteiger partial charge is 0.248 e. The van der Waals surface area contributed by atoms with Crippen LogP contribution >= 0.6 is 0 Å². The molecule has 0 radical (unpaired) electrons. The highest BCUT2D eigenvalue weighted by Gasteiger charge is 2.40. The molecule has 3 atom stereocenters. The normalized spacial score (nSPS) is 26.7. The quantitative estimate of drug-likeness (QED) is 0.755. The summed E-state index contributed by atoms with van der Waals surface area (Å²) in [6, 6.07) is 1.50. The minimum Gasteiger partial charge on any atom is -0.393 e. The molecule has 1 unspecified atom stereocenters. The van der Waals surface area contributed by atoms with Crippen molar-refractivity contribution in [1.29, 1.82) is 0 Å². The van der Waals surface area contributed by atoms with E-state index in [0.29, 0.717) is 18.7 Å². The SMILES string of the molecule is [C-]#[N+][C@@H]1CC(O)C[C@H]1n1nc(N)c2c(C)nccc21. The Morgan fingerprint density at radius 1 is 1.53 bits per heavy atom. The number of fused-ring (bicyclic) bond motifs is 1. The zero-order valence-electron chi connectivity index (χ0n) is 10.6. The molecule has 3 N–H and O–H groups in total. The maximum atomic E-state index is 9.77. The lowest BCUT2D eigenvalue weighted by Crippen LogP contribution is -2.17. The number of hydrogen-bond donors (Lipinski definition) is 2. The van der Waals surface area contributed by atoms with Crippen molar-refractivity contribution in [3.8, 4) is 0 Å². The molecule has 0 saturated heterocycles. The molecule has 0 aromatic carbocycles. The Labute approximate surface area is 110 Å². The van der Waals surface area contributed by atoms with Crippen molar-refractivity contribution in [3.63, 3.8) is 0 Å². The van der Waals surface area contributed by atoms with E-state index >= 15 is 0 Å². The van der Waals surface area contributed by atoms with Gasteiger partial charge in [0.1, 0.15) is 6.04 Å². The molecule has 1 saturated carbocycles. The van der Waals surface area contributed by atoms with Gasteiger partial charge in [-0.25, -0.2) is 6.57 Å². The topological polar surface area (TPSA) is 81.3 Å². The Balaban J connectivity index is 2.16. The third kappa shape index (κ3) is 1.74. The molecule has 1 aliphatic carbocycles. The Kier molecular flexibility index (Phi) is 2.64. The predicted octanol–water partition coefficient (Wildman–Crippen LogP) is 1.31. The molecule has 0 amide bonds. The number of nitrogens with zero attached hydrogens (tertiary/aromatic N) is 4. The molecule has 98 valence electrons. The number of aryl methyl sites for hydroxylation is 1. The van der Waals surface area contributed by atoms with Gasteiger partial charge in [-0.15, -0.1) is 0 Å². The first-order chi connectivity index (χ1) is 9.11. The monoisotopic (exact) mass is 257 g/mol. The van der Waals surface area contributed by atoms with Gasteiger partial charge in [0.2, 0.25) is 6.04 Å². The fraction of sp³-hybridized carbons (Fsp3) is 0.462. The molecule has 2 aromatic rings. The number of hydrogen-bond acceptors (Lipinski definition) is 4. The highest BCUT2D eigenvalue weighted by molar-refractivity contribution is 5.91. The van der Waals surface area contributed by atoms with Gasteiger partial charge in [-0.1, -0.05) is 0 Å². The van der Waals surface area contributed by atoms with E-state index in [0.717, 1.165) is 16.6 Å². The van der Waals surface area contributed by atoms with Crippen molar-refractivity contribution in [2.24, 2.45) is 0 Å². The van der Waals surface area contributed by atoms with Crippen LogP contribution in [0.2, 0.25) is 0 Å². The highest BCUT2D eigenvalue weighted by Crippen LogP contribution is 2.36. The van der Waals surface area contributed by atoms with Gasteiger partial charge in [0.25, 0.3) is 0 Å². The van der Waals surface area contributed by atoms with Crippen LogP contribution < -0.4 is 5.73 Å². The summed E-state index contributed by atoms with van der Waals surface area (Å²) < 4.78 is 1.79. The van der Waals surface area contributed by atoms with Gasteiger partial charge in [-0.3, -0.25) is 9.67 Å². The van der Waals surface area contributed by atoms with Crippen LogP contribution in [0.5, 0.6) is 0 Å². The zero-order chi connectivity index (χ0) is 13.6. The number of aromatic nitrogens is 3. The van der Waals surface area contributed by atoms with E-state index in [9.17, 15) is 5.11 Å². The molecule has 6 nitrogen and oxygen atoms in total. The maximum Gasteiger partial charge on any atom is 0.248 e. The summed E-state index contributed by atoms with van der Waals surface area (Å²) in [7, 11) is 0. The molecule has 6 heteroatoms. The van der Waals surface area contributed by atoms with E-state index in [1.807, 2.05) is 13.0 Å². The molecule has 3 rings (SSSR count). The summed E-state index contributed by atoms with van der Waals surface area (Å²) >= 11 is 0. The molecule has 2 heterocycles. The van der Waals surface area contributed by atoms with Gasteiger partial charge >= 0.3 is 0 Å². The molecule has 1 fully saturated rings. The van der Waals surface area contributed by atoms with Crippen LogP contribution in [0.25, 0.3) is 15.7 Å². The van der Waals surface area contributed by atoms with Crippen LogP contribution in [0, 0.1) is 13.5 Å². The third-order valence-electron chi connectivity index (χ3n) is 3.79. The van der Waals surface area contributed by atoms with Gasteiger partial charge in [0.15, 0.2) is 5.82 Å². The first-order valence-corrected chi connectivity index (χ1v) is 6.25. The minimum absolute atomic E-state index is 0.117. The molecule has 0 aliphatic heterocycles. The van der Waals surface area contributed by atoms with Crippen molar-refractivity contribution >= 4 is 16.7 Å². The van der Waals surface area contributed by atoms with Crippen LogP contribution in [0.4, 0.5) is 5.82 Å². The Morgan fingerprint density at radius 2 is 2.32 bits per heavy atom. The summed E-state index contributed by atoms with van der Waals surface area (Å²) in [5.74, 6) is 0.436. The third-order valence-corrected chi connectivity index (χ3v) is 3.79. The molecular formula is C13H15N5O. The van der Waals surface area contributed by atoms with Crippen molar-refractivity contribution in [2.75, 3.05) is 5.73 Å². The van der Waals surface area contributed by atoms with E-state index in [-0.39, 0.29) is 12.1 Å². The van der Waals surface area contributed by atoms with Crippen molar-refractivity contribution in [1.82, 2.24) is 14.8 Å². The summed E-state index contributed by atoms with van der Waals surface area (Å²) in [5, 5.41) is 15.0.